The van der Waals surface area contributed by atoms with Crippen LogP contribution < -0.4 is 4.74 Å². The molecule has 5 nitrogen and oxygen atoms in total. The van der Waals surface area contributed by atoms with Gasteiger partial charge in [0.05, 0.1) is 7.11 Å². The zero-order chi connectivity index (χ0) is 16.3. The lowest BCUT2D eigenvalue weighted by molar-refractivity contribution is -0.161. The number of ether oxygens (including phenoxy) is 3. The Morgan fingerprint density at radius 3 is 2.87 bits per heavy atom. The number of halogens is 1. The highest BCUT2D eigenvalue weighted by molar-refractivity contribution is 9.10. The molecular weight excluding hydrogens is 362 g/mol. The minimum Gasteiger partial charge on any atom is -0.489 e. The molecule has 3 rings (SSSR count). The molecule has 23 heavy (non-hydrogen) atoms. The molecule has 2 fully saturated rings. The van der Waals surface area contributed by atoms with E-state index < -0.39 is 5.54 Å². The molecule has 2 saturated heterocycles. The third-order valence-electron chi connectivity index (χ3n) is 4.73. The number of carbonyl (C=O) groups excluding carboxylic acids is 1. The van der Waals surface area contributed by atoms with E-state index in [0.29, 0.717) is 26.1 Å². The predicted molar refractivity (Wildman–Crippen MR) is 89.5 cm³/mol. The van der Waals surface area contributed by atoms with Gasteiger partial charge in [-0.05, 0) is 37.5 Å². The molecule has 0 unspecified atom stereocenters. The molecule has 0 radical (unpaired) electrons. The maximum Gasteiger partial charge on any atom is 0.326 e. The van der Waals surface area contributed by atoms with Crippen LogP contribution >= 0.6 is 15.9 Å². The van der Waals surface area contributed by atoms with Crippen LogP contribution in [0.2, 0.25) is 0 Å². The standard InChI is InChI=1S/C17H22BrNO4/c1-21-16(20)17(6-9-22-10-7-17)19-8-5-15(12-19)23-14-4-2-3-13(18)11-14/h2-4,11,15H,5-10,12H2,1H3/t15-/m1/s1. The molecule has 1 aromatic carbocycles. The van der Waals surface area contributed by atoms with Crippen molar-refractivity contribution in [3.8, 4) is 5.75 Å². The van der Waals surface area contributed by atoms with E-state index in [4.69, 9.17) is 14.2 Å². The van der Waals surface area contributed by atoms with Gasteiger partial charge in [0.2, 0.25) is 0 Å². The molecule has 1 atom stereocenters. The lowest BCUT2D eigenvalue weighted by atomic mass is 9.88. The first-order valence-electron chi connectivity index (χ1n) is 7.97. The maximum absolute atomic E-state index is 12.4. The van der Waals surface area contributed by atoms with E-state index in [2.05, 4.69) is 20.8 Å². The Hall–Kier alpha value is -1.11. The predicted octanol–water partition coefficient (Wildman–Crippen LogP) is 2.62. The SMILES string of the molecule is COC(=O)C1(N2CC[C@@H](Oc3cccc(Br)c3)C2)CCOCC1. The highest BCUT2D eigenvalue weighted by atomic mass is 79.9. The van der Waals surface area contributed by atoms with Gasteiger partial charge < -0.3 is 14.2 Å². The molecule has 1 aromatic rings. The summed E-state index contributed by atoms with van der Waals surface area (Å²) < 4.78 is 17.6. The first-order valence-corrected chi connectivity index (χ1v) is 8.77. The summed E-state index contributed by atoms with van der Waals surface area (Å²) >= 11 is 3.46. The first kappa shape index (κ1) is 16.7. The summed E-state index contributed by atoms with van der Waals surface area (Å²) in [5.74, 6) is 0.703. The molecule has 0 saturated carbocycles. The number of carbonyl (C=O) groups is 1. The largest absolute Gasteiger partial charge is 0.489 e. The third kappa shape index (κ3) is 3.54. The van der Waals surface area contributed by atoms with Gasteiger partial charge in [-0.25, -0.2) is 0 Å². The van der Waals surface area contributed by atoms with Crippen LogP contribution in [0.5, 0.6) is 5.75 Å². The van der Waals surface area contributed by atoms with Crippen LogP contribution in [0, 0.1) is 0 Å². The summed E-state index contributed by atoms with van der Waals surface area (Å²) in [6.07, 6.45) is 2.37. The van der Waals surface area contributed by atoms with Crippen molar-refractivity contribution in [3.05, 3.63) is 28.7 Å². The number of methoxy groups -OCH3 is 1. The van der Waals surface area contributed by atoms with Gasteiger partial charge in [0, 0.05) is 30.8 Å². The van der Waals surface area contributed by atoms with Crippen molar-refractivity contribution in [3.63, 3.8) is 0 Å². The van der Waals surface area contributed by atoms with E-state index in [1.807, 2.05) is 24.3 Å². The van der Waals surface area contributed by atoms with E-state index in [-0.39, 0.29) is 12.1 Å². The second-order valence-corrected chi connectivity index (χ2v) is 6.98. The van der Waals surface area contributed by atoms with Crippen molar-refractivity contribution in [2.75, 3.05) is 33.4 Å². The fourth-order valence-corrected chi connectivity index (χ4v) is 3.87. The Morgan fingerprint density at radius 2 is 2.17 bits per heavy atom. The van der Waals surface area contributed by atoms with E-state index >= 15 is 0 Å². The van der Waals surface area contributed by atoms with Gasteiger partial charge in [0.15, 0.2) is 0 Å². The lowest BCUT2D eigenvalue weighted by Gasteiger charge is -2.41. The minimum atomic E-state index is -0.553. The quantitative estimate of drug-likeness (QED) is 0.747. The van der Waals surface area contributed by atoms with Gasteiger partial charge >= 0.3 is 5.97 Å². The Labute approximate surface area is 145 Å². The summed E-state index contributed by atoms with van der Waals surface area (Å²) in [5, 5.41) is 0. The molecule has 6 heteroatoms. The zero-order valence-corrected chi connectivity index (χ0v) is 14.9. The first-order chi connectivity index (χ1) is 11.1. The minimum absolute atomic E-state index is 0.0914. The van der Waals surface area contributed by atoms with Crippen molar-refractivity contribution in [1.29, 1.82) is 0 Å². The number of nitrogens with zero attached hydrogens (tertiary/aromatic N) is 1. The lowest BCUT2D eigenvalue weighted by Crippen LogP contribution is -2.57. The zero-order valence-electron chi connectivity index (χ0n) is 13.3. The molecule has 0 N–H and O–H groups in total. The summed E-state index contributed by atoms with van der Waals surface area (Å²) in [7, 11) is 1.46. The van der Waals surface area contributed by atoms with Gasteiger partial charge in [-0.1, -0.05) is 22.0 Å². The third-order valence-corrected chi connectivity index (χ3v) is 5.23. The number of hydrogen-bond donors (Lipinski definition) is 0. The van der Waals surface area contributed by atoms with E-state index in [0.717, 1.165) is 29.7 Å². The van der Waals surface area contributed by atoms with Gasteiger partial charge in [-0.15, -0.1) is 0 Å². The van der Waals surface area contributed by atoms with Crippen molar-refractivity contribution in [2.24, 2.45) is 0 Å². The molecule has 0 bridgehead atoms. The van der Waals surface area contributed by atoms with Gasteiger partial charge in [0.1, 0.15) is 17.4 Å². The van der Waals surface area contributed by atoms with Crippen LogP contribution in [0.3, 0.4) is 0 Å². The molecule has 2 aliphatic rings. The molecular formula is C17H22BrNO4. The Kier molecular flexibility index (Phi) is 5.24. The van der Waals surface area contributed by atoms with Crippen LogP contribution in [-0.2, 0) is 14.3 Å². The summed E-state index contributed by atoms with van der Waals surface area (Å²) in [6, 6.07) is 7.85. The second kappa shape index (κ2) is 7.20. The van der Waals surface area contributed by atoms with Crippen LogP contribution in [0.4, 0.5) is 0 Å². The van der Waals surface area contributed by atoms with Crippen molar-refractivity contribution in [1.82, 2.24) is 4.90 Å². The van der Waals surface area contributed by atoms with Crippen molar-refractivity contribution < 1.29 is 19.0 Å². The molecule has 0 spiro atoms. The number of esters is 1. The number of likely N-dealkylation sites (tertiary alicyclic amines) is 1. The van der Waals surface area contributed by atoms with Crippen molar-refractivity contribution in [2.45, 2.75) is 30.9 Å². The molecule has 0 aromatic heterocycles. The Balaban J connectivity index is 1.68. The van der Waals surface area contributed by atoms with Gasteiger partial charge in [-0.2, -0.15) is 0 Å². The molecule has 0 amide bonds. The number of benzene rings is 1. The summed E-state index contributed by atoms with van der Waals surface area (Å²) in [5.41, 5.74) is -0.553. The summed E-state index contributed by atoms with van der Waals surface area (Å²) in [4.78, 5) is 14.6. The molecule has 126 valence electrons. The smallest absolute Gasteiger partial charge is 0.326 e. The summed E-state index contributed by atoms with van der Waals surface area (Å²) in [6.45, 7) is 2.78. The van der Waals surface area contributed by atoms with Crippen LogP contribution in [0.25, 0.3) is 0 Å². The van der Waals surface area contributed by atoms with Crippen LogP contribution in [-0.4, -0.2) is 55.9 Å². The van der Waals surface area contributed by atoms with Crippen molar-refractivity contribution >= 4 is 21.9 Å². The molecule has 2 aliphatic heterocycles. The maximum atomic E-state index is 12.4. The normalized spacial score (nSPS) is 24.3. The van der Waals surface area contributed by atoms with E-state index in [1.54, 1.807) is 0 Å². The highest BCUT2D eigenvalue weighted by Crippen LogP contribution is 2.33. The average Bonchev–Trinajstić information content (AvgIpc) is 3.03. The number of hydrogen-bond acceptors (Lipinski definition) is 5. The molecule has 2 heterocycles. The second-order valence-electron chi connectivity index (χ2n) is 6.07. The topological polar surface area (TPSA) is 48.0 Å². The Morgan fingerprint density at radius 1 is 1.39 bits per heavy atom. The number of rotatable bonds is 4. The highest BCUT2D eigenvalue weighted by Gasteiger charge is 2.48. The molecule has 0 aliphatic carbocycles. The van der Waals surface area contributed by atoms with E-state index in [9.17, 15) is 4.79 Å². The monoisotopic (exact) mass is 383 g/mol. The van der Waals surface area contributed by atoms with E-state index in [1.165, 1.54) is 7.11 Å². The van der Waals surface area contributed by atoms with Crippen LogP contribution in [0.15, 0.2) is 28.7 Å². The average molecular weight is 384 g/mol. The fourth-order valence-electron chi connectivity index (χ4n) is 3.49. The van der Waals surface area contributed by atoms with Gasteiger partial charge in [-0.3, -0.25) is 9.69 Å². The van der Waals surface area contributed by atoms with Crippen LogP contribution in [0.1, 0.15) is 19.3 Å². The fraction of sp³-hybridized carbons (Fsp3) is 0.588. The van der Waals surface area contributed by atoms with Gasteiger partial charge in [0.25, 0.3) is 0 Å². The Bertz CT molecular complexity index is 559.